The number of hydrogen-bond acceptors (Lipinski definition) is 3. The van der Waals surface area contributed by atoms with Crippen molar-refractivity contribution in [1.29, 1.82) is 0 Å². The third-order valence-electron chi connectivity index (χ3n) is 3.14. The van der Waals surface area contributed by atoms with Crippen molar-refractivity contribution in [2.24, 2.45) is 0 Å². The lowest BCUT2D eigenvalue weighted by molar-refractivity contribution is -0.145. The van der Waals surface area contributed by atoms with E-state index in [4.69, 9.17) is 4.74 Å². The van der Waals surface area contributed by atoms with E-state index in [1.54, 1.807) is 0 Å². The average Bonchev–Trinajstić information content (AvgIpc) is 2.71. The summed E-state index contributed by atoms with van der Waals surface area (Å²) in [5.41, 5.74) is 0.170. The van der Waals surface area contributed by atoms with Crippen LogP contribution in [0.4, 0.5) is 0 Å². The number of nitrogens with one attached hydrogen (secondary N) is 1. The van der Waals surface area contributed by atoms with Crippen LogP contribution in [0.5, 0.6) is 0 Å². The molecule has 1 amide bonds. The molecular formula is C15H17NO3. The SMILES string of the molecule is CC(=O)NC1(CC=Cc2ccccc2)CCOC1=O. The highest BCUT2D eigenvalue weighted by Gasteiger charge is 2.44. The first-order valence-corrected chi connectivity index (χ1v) is 6.30. The summed E-state index contributed by atoms with van der Waals surface area (Å²) in [6.07, 6.45) is 4.80. The summed E-state index contributed by atoms with van der Waals surface area (Å²) in [5, 5.41) is 2.73. The van der Waals surface area contributed by atoms with Crippen LogP contribution >= 0.6 is 0 Å². The first-order valence-electron chi connectivity index (χ1n) is 6.30. The average molecular weight is 259 g/mol. The van der Waals surface area contributed by atoms with E-state index in [9.17, 15) is 9.59 Å². The van der Waals surface area contributed by atoms with Gasteiger partial charge in [-0.15, -0.1) is 0 Å². The van der Waals surface area contributed by atoms with Crippen LogP contribution in [-0.4, -0.2) is 24.0 Å². The summed E-state index contributed by atoms with van der Waals surface area (Å²) < 4.78 is 4.98. The molecule has 0 bridgehead atoms. The lowest BCUT2D eigenvalue weighted by atomic mass is 9.93. The number of carbonyl (C=O) groups excluding carboxylic acids is 2. The van der Waals surface area contributed by atoms with E-state index in [1.165, 1.54) is 6.92 Å². The summed E-state index contributed by atoms with van der Waals surface area (Å²) >= 11 is 0. The zero-order valence-electron chi connectivity index (χ0n) is 10.9. The van der Waals surface area contributed by atoms with Gasteiger partial charge >= 0.3 is 5.97 Å². The van der Waals surface area contributed by atoms with E-state index in [0.717, 1.165) is 5.56 Å². The van der Waals surface area contributed by atoms with Gasteiger partial charge in [0.2, 0.25) is 5.91 Å². The molecular weight excluding hydrogens is 242 g/mol. The monoisotopic (exact) mass is 259 g/mol. The van der Waals surface area contributed by atoms with Gasteiger partial charge in [-0.3, -0.25) is 4.79 Å². The standard InChI is InChI=1S/C15H17NO3/c1-12(17)16-15(10-11-19-14(15)18)9-5-8-13-6-3-2-4-7-13/h2-8H,9-11H2,1H3,(H,16,17). The second kappa shape index (κ2) is 5.69. The molecule has 2 rings (SSSR count). The van der Waals surface area contributed by atoms with Crippen molar-refractivity contribution in [1.82, 2.24) is 5.32 Å². The summed E-state index contributed by atoms with van der Waals surface area (Å²) in [4.78, 5) is 23.0. The van der Waals surface area contributed by atoms with Crippen LogP contribution in [-0.2, 0) is 14.3 Å². The maximum atomic E-state index is 11.8. The Morgan fingerprint density at radius 1 is 1.42 bits per heavy atom. The second-order valence-corrected chi connectivity index (χ2v) is 4.67. The maximum absolute atomic E-state index is 11.8. The molecule has 1 aromatic carbocycles. The predicted molar refractivity (Wildman–Crippen MR) is 72.2 cm³/mol. The van der Waals surface area contributed by atoms with Gasteiger partial charge in [-0.05, 0) is 12.0 Å². The van der Waals surface area contributed by atoms with Crippen molar-refractivity contribution < 1.29 is 14.3 Å². The summed E-state index contributed by atoms with van der Waals surface area (Å²) in [5.74, 6) is -0.563. The molecule has 1 aliphatic rings. The van der Waals surface area contributed by atoms with Crippen LogP contribution in [0.3, 0.4) is 0 Å². The molecule has 0 saturated carbocycles. The van der Waals surface area contributed by atoms with E-state index >= 15 is 0 Å². The fourth-order valence-corrected chi connectivity index (χ4v) is 2.21. The van der Waals surface area contributed by atoms with E-state index in [-0.39, 0.29) is 11.9 Å². The molecule has 4 nitrogen and oxygen atoms in total. The quantitative estimate of drug-likeness (QED) is 0.840. The van der Waals surface area contributed by atoms with Gasteiger partial charge in [0.25, 0.3) is 0 Å². The molecule has 1 saturated heterocycles. The number of amides is 1. The molecule has 1 atom stereocenters. The Morgan fingerprint density at radius 2 is 2.16 bits per heavy atom. The first kappa shape index (κ1) is 13.3. The summed E-state index contributed by atoms with van der Waals surface area (Å²) in [6, 6.07) is 9.81. The minimum Gasteiger partial charge on any atom is -0.464 e. The third-order valence-corrected chi connectivity index (χ3v) is 3.14. The molecule has 19 heavy (non-hydrogen) atoms. The van der Waals surface area contributed by atoms with Crippen molar-refractivity contribution in [3.05, 3.63) is 42.0 Å². The molecule has 1 fully saturated rings. The molecule has 100 valence electrons. The highest BCUT2D eigenvalue weighted by atomic mass is 16.5. The molecule has 0 radical (unpaired) electrons. The normalized spacial score (nSPS) is 22.5. The van der Waals surface area contributed by atoms with Crippen molar-refractivity contribution >= 4 is 18.0 Å². The lowest BCUT2D eigenvalue weighted by Gasteiger charge is -2.23. The minimum absolute atomic E-state index is 0.216. The Morgan fingerprint density at radius 3 is 2.74 bits per heavy atom. The minimum atomic E-state index is -0.892. The van der Waals surface area contributed by atoms with Crippen LogP contribution in [0, 0.1) is 0 Å². The zero-order valence-corrected chi connectivity index (χ0v) is 10.9. The summed E-state index contributed by atoms with van der Waals surface area (Å²) in [7, 11) is 0. The number of cyclic esters (lactones) is 1. The van der Waals surface area contributed by atoms with E-state index in [1.807, 2.05) is 42.5 Å². The molecule has 0 aliphatic carbocycles. The van der Waals surface area contributed by atoms with Gasteiger partial charge in [0.1, 0.15) is 5.54 Å². The predicted octanol–water partition coefficient (Wildman–Crippen LogP) is 1.91. The Balaban J connectivity index is 2.07. The molecule has 0 aromatic heterocycles. The molecule has 1 heterocycles. The van der Waals surface area contributed by atoms with Gasteiger partial charge in [-0.1, -0.05) is 42.5 Å². The maximum Gasteiger partial charge on any atom is 0.332 e. The van der Waals surface area contributed by atoms with Gasteiger partial charge in [-0.25, -0.2) is 4.79 Å². The number of ether oxygens (including phenoxy) is 1. The van der Waals surface area contributed by atoms with E-state index in [0.29, 0.717) is 19.4 Å². The van der Waals surface area contributed by atoms with Crippen LogP contribution in [0.2, 0.25) is 0 Å². The number of benzene rings is 1. The molecule has 1 aliphatic heterocycles. The molecule has 1 unspecified atom stereocenters. The fourth-order valence-electron chi connectivity index (χ4n) is 2.21. The molecule has 1 aromatic rings. The van der Waals surface area contributed by atoms with Crippen molar-refractivity contribution in [3.8, 4) is 0 Å². The third kappa shape index (κ3) is 3.22. The smallest absolute Gasteiger partial charge is 0.332 e. The highest BCUT2D eigenvalue weighted by molar-refractivity contribution is 5.88. The van der Waals surface area contributed by atoms with Crippen LogP contribution < -0.4 is 5.32 Å². The van der Waals surface area contributed by atoms with Gasteiger partial charge in [-0.2, -0.15) is 0 Å². The van der Waals surface area contributed by atoms with Gasteiger partial charge in [0.15, 0.2) is 0 Å². The van der Waals surface area contributed by atoms with E-state index < -0.39 is 5.54 Å². The first-order chi connectivity index (χ1) is 9.12. The zero-order chi connectivity index (χ0) is 13.7. The highest BCUT2D eigenvalue weighted by Crippen LogP contribution is 2.25. The van der Waals surface area contributed by atoms with Crippen LogP contribution in [0.25, 0.3) is 6.08 Å². The molecule has 0 spiro atoms. The topological polar surface area (TPSA) is 55.4 Å². The van der Waals surface area contributed by atoms with Crippen molar-refractivity contribution in [3.63, 3.8) is 0 Å². The number of carbonyl (C=O) groups is 2. The number of hydrogen-bond donors (Lipinski definition) is 1. The fraction of sp³-hybridized carbons (Fsp3) is 0.333. The van der Waals surface area contributed by atoms with E-state index in [2.05, 4.69) is 5.32 Å². The number of rotatable bonds is 4. The van der Waals surface area contributed by atoms with Gasteiger partial charge in [0.05, 0.1) is 6.61 Å². The van der Waals surface area contributed by atoms with Gasteiger partial charge < -0.3 is 10.1 Å². The Kier molecular flexibility index (Phi) is 4.00. The van der Waals surface area contributed by atoms with Crippen molar-refractivity contribution in [2.75, 3.05) is 6.61 Å². The summed E-state index contributed by atoms with van der Waals surface area (Å²) in [6.45, 7) is 1.77. The number of esters is 1. The lowest BCUT2D eigenvalue weighted by Crippen LogP contribution is -2.50. The Hall–Kier alpha value is -2.10. The second-order valence-electron chi connectivity index (χ2n) is 4.67. The van der Waals surface area contributed by atoms with Crippen LogP contribution in [0.1, 0.15) is 25.3 Å². The van der Waals surface area contributed by atoms with Gasteiger partial charge in [0, 0.05) is 13.3 Å². The van der Waals surface area contributed by atoms with Crippen molar-refractivity contribution in [2.45, 2.75) is 25.3 Å². The largest absolute Gasteiger partial charge is 0.464 e. The Labute approximate surface area is 112 Å². The molecule has 4 heteroatoms. The Bertz CT molecular complexity index is 495. The molecule has 1 N–H and O–H groups in total. The van der Waals surface area contributed by atoms with Crippen LogP contribution in [0.15, 0.2) is 36.4 Å².